The molecular formula is C18H17FN2O5. The van der Waals surface area contributed by atoms with E-state index in [0.29, 0.717) is 0 Å². The van der Waals surface area contributed by atoms with Crippen LogP contribution in [0.4, 0.5) is 10.1 Å². The van der Waals surface area contributed by atoms with E-state index >= 15 is 0 Å². The van der Waals surface area contributed by atoms with Crippen LogP contribution in [0.1, 0.15) is 10.4 Å². The number of benzene rings is 1. The summed E-state index contributed by atoms with van der Waals surface area (Å²) in [6.45, 7) is 0. The fourth-order valence-corrected chi connectivity index (χ4v) is 2.39. The Labute approximate surface area is 149 Å². The smallest absolute Gasteiger partial charge is 0.355 e. The Morgan fingerprint density at radius 2 is 1.77 bits per heavy atom. The molecule has 1 aliphatic rings. The van der Waals surface area contributed by atoms with Crippen molar-refractivity contribution in [3.63, 3.8) is 0 Å². The Morgan fingerprint density at radius 1 is 1.08 bits per heavy atom. The molecule has 1 amide bonds. The molecule has 0 unspecified atom stereocenters. The average molecular weight is 360 g/mol. The molecule has 136 valence electrons. The lowest BCUT2D eigenvalue weighted by Crippen LogP contribution is -2.29. The number of carbonyl (C=O) groups excluding carboxylic acids is 3. The first-order chi connectivity index (χ1) is 12.4. The van der Waals surface area contributed by atoms with Crippen LogP contribution in [0.2, 0.25) is 0 Å². The number of nitrogens with zero attached hydrogens (tertiary/aromatic N) is 1. The lowest BCUT2D eigenvalue weighted by Gasteiger charge is -2.25. The molecule has 0 spiro atoms. The predicted molar refractivity (Wildman–Crippen MR) is 91.6 cm³/mol. The molecule has 1 aliphatic heterocycles. The van der Waals surface area contributed by atoms with E-state index in [2.05, 4.69) is 5.32 Å². The van der Waals surface area contributed by atoms with E-state index in [1.807, 2.05) is 0 Å². The summed E-state index contributed by atoms with van der Waals surface area (Å²) in [5.74, 6) is -2.78. The Morgan fingerprint density at radius 3 is 2.38 bits per heavy atom. The van der Waals surface area contributed by atoms with Gasteiger partial charge in [-0.15, -0.1) is 0 Å². The molecule has 0 fully saturated rings. The van der Waals surface area contributed by atoms with Gasteiger partial charge in [-0.2, -0.15) is 0 Å². The number of esters is 2. The molecule has 1 N–H and O–H groups in total. The van der Waals surface area contributed by atoms with Gasteiger partial charge in [-0.1, -0.05) is 6.08 Å². The second-order valence-corrected chi connectivity index (χ2v) is 5.06. The van der Waals surface area contributed by atoms with Crippen molar-refractivity contribution in [1.82, 2.24) is 5.32 Å². The summed E-state index contributed by atoms with van der Waals surface area (Å²) in [6.07, 6.45) is 5.92. The fourth-order valence-electron chi connectivity index (χ4n) is 2.39. The van der Waals surface area contributed by atoms with Crippen LogP contribution in [0.5, 0.6) is 0 Å². The van der Waals surface area contributed by atoms with E-state index < -0.39 is 23.7 Å². The first kappa shape index (κ1) is 18.9. The van der Waals surface area contributed by atoms with Crippen molar-refractivity contribution in [2.75, 3.05) is 26.2 Å². The quantitative estimate of drug-likeness (QED) is 0.823. The summed E-state index contributed by atoms with van der Waals surface area (Å²) in [4.78, 5) is 37.9. The van der Waals surface area contributed by atoms with Crippen molar-refractivity contribution in [3.8, 4) is 0 Å². The number of methoxy groups -OCH3 is 2. The molecule has 0 bridgehead atoms. The molecule has 1 aromatic rings. The Balaban J connectivity index is 2.76. The van der Waals surface area contributed by atoms with Crippen molar-refractivity contribution >= 4 is 23.5 Å². The van der Waals surface area contributed by atoms with Crippen LogP contribution >= 0.6 is 0 Å². The highest BCUT2D eigenvalue weighted by Gasteiger charge is 2.29. The van der Waals surface area contributed by atoms with E-state index in [0.717, 1.165) is 19.2 Å². The highest BCUT2D eigenvalue weighted by atomic mass is 19.1. The molecule has 2 rings (SSSR count). The molecule has 0 aliphatic carbocycles. The number of ether oxygens (including phenoxy) is 2. The normalized spacial score (nSPS) is 13.3. The van der Waals surface area contributed by atoms with Crippen molar-refractivity contribution in [2.45, 2.75) is 0 Å². The van der Waals surface area contributed by atoms with Gasteiger partial charge in [0, 0.05) is 13.2 Å². The predicted octanol–water partition coefficient (Wildman–Crippen LogP) is 1.68. The average Bonchev–Trinajstić information content (AvgIpc) is 2.88. The van der Waals surface area contributed by atoms with E-state index in [-0.39, 0.29) is 22.5 Å². The third-order valence-corrected chi connectivity index (χ3v) is 3.58. The van der Waals surface area contributed by atoms with Gasteiger partial charge < -0.3 is 19.7 Å². The first-order valence-corrected chi connectivity index (χ1v) is 7.51. The molecular weight excluding hydrogens is 343 g/mol. The molecule has 26 heavy (non-hydrogen) atoms. The van der Waals surface area contributed by atoms with E-state index in [4.69, 9.17) is 9.47 Å². The molecule has 1 heterocycles. The standard InChI is InChI=1S/C18H17FN2O5/c1-20-16(22)13-10-11(19)7-8-14(13)21-9-5-4-6-12(17(23)25-2)15(21)18(24)26-3/h4-10H,1-3H3,(H,20,22). The van der Waals surface area contributed by atoms with Gasteiger partial charge in [0.1, 0.15) is 11.5 Å². The monoisotopic (exact) mass is 360 g/mol. The van der Waals surface area contributed by atoms with Crippen LogP contribution in [0.3, 0.4) is 0 Å². The Kier molecular flexibility index (Phi) is 5.90. The van der Waals surface area contributed by atoms with E-state index in [1.165, 1.54) is 43.5 Å². The van der Waals surface area contributed by atoms with Gasteiger partial charge in [0.15, 0.2) is 0 Å². The molecule has 8 heteroatoms. The minimum atomic E-state index is -0.825. The third-order valence-electron chi connectivity index (χ3n) is 3.58. The molecule has 7 nitrogen and oxygen atoms in total. The molecule has 0 radical (unpaired) electrons. The summed E-state index contributed by atoms with van der Waals surface area (Å²) in [6, 6.07) is 3.50. The minimum absolute atomic E-state index is 0.0235. The van der Waals surface area contributed by atoms with Gasteiger partial charge in [-0.25, -0.2) is 14.0 Å². The highest BCUT2D eigenvalue weighted by molar-refractivity contribution is 6.07. The zero-order valence-corrected chi connectivity index (χ0v) is 14.4. The minimum Gasteiger partial charge on any atom is -0.465 e. The summed E-state index contributed by atoms with van der Waals surface area (Å²) in [5, 5.41) is 2.41. The number of nitrogens with one attached hydrogen (secondary N) is 1. The van der Waals surface area contributed by atoms with Crippen molar-refractivity contribution in [2.24, 2.45) is 0 Å². The van der Waals surface area contributed by atoms with Crippen LogP contribution in [0, 0.1) is 5.82 Å². The molecule has 0 saturated heterocycles. The van der Waals surface area contributed by atoms with Crippen LogP contribution < -0.4 is 10.2 Å². The van der Waals surface area contributed by atoms with Gasteiger partial charge >= 0.3 is 11.9 Å². The molecule has 0 atom stereocenters. The van der Waals surface area contributed by atoms with Gasteiger partial charge in [0.2, 0.25) is 0 Å². The number of hydrogen-bond acceptors (Lipinski definition) is 6. The van der Waals surface area contributed by atoms with Crippen LogP contribution in [-0.4, -0.2) is 39.1 Å². The summed E-state index contributed by atoms with van der Waals surface area (Å²) in [5.41, 5.74) is -0.0742. The maximum atomic E-state index is 13.7. The van der Waals surface area contributed by atoms with Crippen LogP contribution in [0.25, 0.3) is 0 Å². The lowest BCUT2D eigenvalue weighted by molar-refractivity contribution is -0.139. The molecule has 0 saturated carbocycles. The number of allylic oxidation sites excluding steroid dienone is 2. The number of amides is 1. The van der Waals surface area contributed by atoms with Gasteiger partial charge in [0.05, 0.1) is 31.0 Å². The van der Waals surface area contributed by atoms with E-state index in [9.17, 15) is 18.8 Å². The van der Waals surface area contributed by atoms with Gasteiger partial charge in [-0.3, -0.25) is 4.79 Å². The number of halogens is 1. The first-order valence-electron chi connectivity index (χ1n) is 7.51. The fraction of sp³-hybridized carbons (Fsp3) is 0.167. The summed E-state index contributed by atoms with van der Waals surface area (Å²) in [7, 11) is 3.73. The van der Waals surface area contributed by atoms with Gasteiger partial charge in [0.25, 0.3) is 5.91 Å². The zero-order valence-electron chi connectivity index (χ0n) is 14.4. The molecule has 1 aromatic carbocycles. The van der Waals surface area contributed by atoms with Crippen molar-refractivity contribution in [3.05, 3.63) is 65.3 Å². The van der Waals surface area contributed by atoms with Crippen molar-refractivity contribution in [1.29, 1.82) is 0 Å². The SMILES string of the molecule is CNC(=O)c1cc(F)ccc1N1C=CC=CC(C(=O)OC)=C1C(=O)OC. The number of hydrogen-bond donors (Lipinski definition) is 1. The lowest BCUT2D eigenvalue weighted by atomic mass is 10.1. The topological polar surface area (TPSA) is 84.9 Å². The second kappa shape index (κ2) is 8.11. The zero-order chi connectivity index (χ0) is 19.3. The van der Waals surface area contributed by atoms with E-state index in [1.54, 1.807) is 6.08 Å². The largest absolute Gasteiger partial charge is 0.465 e. The number of anilines is 1. The second-order valence-electron chi connectivity index (χ2n) is 5.06. The van der Waals surface area contributed by atoms with Crippen LogP contribution in [0.15, 0.2) is 53.9 Å². The highest BCUT2D eigenvalue weighted by Crippen LogP contribution is 2.29. The summed E-state index contributed by atoms with van der Waals surface area (Å²) < 4.78 is 23.2. The number of rotatable bonds is 4. The third kappa shape index (κ3) is 3.64. The Bertz CT molecular complexity index is 842. The Hall–Kier alpha value is -3.42. The van der Waals surface area contributed by atoms with Crippen molar-refractivity contribution < 1.29 is 28.2 Å². The maximum Gasteiger partial charge on any atom is 0.355 e. The van der Waals surface area contributed by atoms with Crippen LogP contribution in [-0.2, 0) is 19.1 Å². The number of carbonyl (C=O) groups is 3. The summed E-state index contributed by atoms with van der Waals surface area (Å²) >= 11 is 0. The maximum absolute atomic E-state index is 13.7. The van der Waals surface area contributed by atoms with Gasteiger partial charge in [-0.05, 0) is 30.4 Å². The molecule has 0 aromatic heterocycles.